The Morgan fingerprint density at radius 1 is 1.41 bits per heavy atom. The van der Waals surface area contributed by atoms with Gasteiger partial charge in [0.05, 0.1) is 18.6 Å². The fourth-order valence-electron chi connectivity index (χ4n) is 1.50. The second-order valence-electron chi connectivity index (χ2n) is 3.68. The van der Waals surface area contributed by atoms with E-state index in [1.54, 1.807) is 18.6 Å². The largest absolute Gasteiger partial charge is 0.491 e. The van der Waals surface area contributed by atoms with Crippen molar-refractivity contribution in [3.05, 3.63) is 42.7 Å². The van der Waals surface area contributed by atoms with Gasteiger partial charge in [0.15, 0.2) is 0 Å². The number of hydrogen-bond acceptors (Lipinski definition) is 3. The van der Waals surface area contributed by atoms with E-state index in [1.807, 2.05) is 10.8 Å². The lowest BCUT2D eigenvalue weighted by Gasteiger charge is -2.08. The van der Waals surface area contributed by atoms with Crippen LogP contribution in [0.4, 0.5) is 10.1 Å². The van der Waals surface area contributed by atoms with Gasteiger partial charge < -0.3 is 15.0 Å². The summed E-state index contributed by atoms with van der Waals surface area (Å²) in [7, 11) is 0. The number of nitrogen functional groups attached to an aromatic ring is 1. The molecule has 2 N–H and O–H groups in total. The summed E-state index contributed by atoms with van der Waals surface area (Å²) in [6.45, 7) is 1.37. The molecule has 0 fully saturated rings. The van der Waals surface area contributed by atoms with Crippen LogP contribution in [-0.2, 0) is 6.54 Å². The van der Waals surface area contributed by atoms with Crippen LogP contribution in [0, 0.1) is 5.82 Å². The van der Waals surface area contributed by atoms with Crippen LogP contribution in [0.5, 0.6) is 5.75 Å². The number of aryl methyl sites for hydroxylation is 1. The van der Waals surface area contributed by atoms with Crippen molar-refractivity contribution in [3.8, 4) is 5.75 Å². The first-order chi connectivity index (χ1) is 8.25. The summed E-state index contributed by atoms with van der Waals surface area (Å²) in [6, 6.07) is 4.13. The number of benzene rings is 1. The maximum absolute atomic E-state index is 12.8. The summed E-state index contributed by atoms with van der Waals surface area (Å²) in [4.78, 5) is 3.94. The standard InChI is InChI=1S/C12H14FN3O/c13-10-2-3-12(11(14)8-10)17-7-1-5-16-6-4-15-9-16/h2-4,6,8-9H,1,5,7,14H2. The number of ether oxygens (including phenoxy) is 1. The number of hydrogen-bond donors (Lipinski definition) is 1. The molecule has 0 unspecified atom stereocenters. The van der Waals surface area contributed by atoms with Gasteiger partial charge in [0.25, 0.3) is 0 Å². The molecule has 0 radical (unpaired) electrons. The minimum atomic E-state index is -0.353. The third kappa shape index (κ3) is 3.21. The highest BCUT2D eigenvalue weighted by atomic mass is 19.1. The summed E-state index contributed by atoms with van der Waals surface area (Å²) in [5.74, 6) is 0.172. The first-order valence-corrected chi connectivity index (χ1v) is 5.39. The van der Waals surface area contributed by atoms with E-state index in [9.17, 15) is 4.39 Å². The highest BCUT2D eigenvalue weighted by Crippen LogP contribution is 2.21. The van der Waals surface area contributed by atoms with Gasteiger partial charge in [-0.25, -0.2) is 9.37 Å². The quantitative estimate of drug-likeness (QED) is 0.637. The number of imidazole rings is 1. The second kappa shape index (κ2) is 5.34. The average molecular weight is 235 g/mol. The van der Waals surface area contributed by atoms with Crippen molar-refractivity contribution in [2.45, 2.75) is 13.0 Å². The Morgan fingerprint density at radius 2 is 2.29 bits per heavy atom. The summed E-state index contributed by atoms with van der Waals surface area (Å²) in [6.07, 6.45) is 6.23. The molecule has 0 saturated carbocycles. The molecule has 90 valence electrons. The van der Waals surface area contributed by atoms with E-state index in [2.05, 4.69) is 4.98 Å². The van der Waals surface area contributed by atoms with Gasteiger partial charge in [-0.2, -0.15) is 0 Å². The first kappa shape index (κ1) is 11.4. The Labute approximate surface area is 98.8 Å². The molecule has 1 heterocycles. The molecule has 1 aromatic carbocycles. The number of aromatic nitrogens is 2. The molecule has 0 spiro atoms. The van der Waals surface area contributed by atoms with Crippen LogP contribution < -0.4 is 10.5 Å². The molecule has 2 aromatic rings. The van der Waals surface area contributed by atoms with Crippen molar-refractivity contribution in [1.29, 1.82) is 0 Å². The molecular weight excluding hydrogens is 221 g/mol. The minimum Gasteiger partial charge on any atom is -0.491 e. The maximum atomic E-state index is 12.8. The van der Waals surface area contributed by atoms with Gasteiger partial charge >= 0.3 is 0 Å². The second-order valence-corrected chi connectivity index (χ2v) is 3.68. The van der Waals surface area contributed by atoms with Crippen molar-refractivity contribution in [2.24, 2.45) is 0 Å². The smallest absolute Gasteiger partial charge is 0.142 e. The highest BCUT2D eigenvalue weighted by molar-refractivity contribution is 5.52. The maximum Gasteiger partial charge on any atom is 0.142 e. The predicted molar refractivity (Wildman–Crippen MR) is 63.2 cm³/mol. The molecule has 0 aliphatic heterocycles. The lowest BCUT2D eigenvalue weighted by atomic mass is 10.3. The van der Waals surface area contributed by atoms with Crippen molar-refractivity contribution >= 4 is 5.69 Å². The monoisotopic (exact) mass is 235 g/mol. The van der Waals surface area contributed by atoms with Gasteiger partial charge in [0, 0.05) is 25.0 Å². The van der Waals surface area contributed by atoms with Crippen molar-refractivity contribution in [1.82, 2.24) is 9.55 Å². The van der Waals surface area contributed by atoms with Crippen LogP contribution in [0.1, 0.15) is 6.42 Å². The molecule has 0 aliphatic carbocycles. The molecule has 4 nitrogen and oxygen atoms in total. The molecule has 0 saturated heterocycles. The van der Waals surface area contributed by atoms with E-state index >= 15 is 0 Å². The van der Waals surface area contributed by atoms with Crippen molar-refractivity contribution in [3.63, 3.8) is 0 Å². The summed E-state index contributed by atoms with van der Waals surface area (Å²) in [5, 5.41) is 0. The third-order valence-electron chi connectivity index (χ3n) is 2.35. The van der Waals surface area contributed by atoms with Gasteiger partial charge in [-0.15, -0.1) is 0 Å². The minimum absolute atomic E-state index is 0.327. The Hall–Kier alpha value is -2.04. The Balaban J connectivity index is 1.78. The molecule has 17 heavy (non-hydrogen) atoms. The van der Waals surface area contributed by atoms with Crippen molar-refractivity contribution < 1.29 is 9.13 Å². The van der Waals surface area contributed by atoms with Crippen molar-refractivity contribution in [2.75, 3.05) is 12.3 Å². The van der Waals surface area contributed by atoms with Gasteiger partial charge in [0.2, 0.25) is 0 Å². The predicted octanol–water partition coefficient (Wildman–Crippen LogP) is 2.07. The van der Waals surface area contributed by atoms with E-state index in [1.165, 1.54) is 12.1 Å². The molecular formula is C12H14FN3O. The number of anilines is 1. The van der Waals surface area contributed by atoms with E-state index in [4.69, 9.17) is 10.5 Å². The topological polar surface area (TPSA) is 53.1 Å². The van der Waals surface area contributed by atoms with Gasteiger partial charge in [-0.05, 0) is 18.6 Å². The number of nitrogens with zero attached hydrogens (tertiary/aromatic N) is 2. The Morgan fingerprint density at radius 3 is 3.00 bits per heavy atom. The van der Waals surface area contributed by atoms with Crippen LogP contribution in [-0.4, -0.2) is 16.2 Å². The molecule has 0 bridgehead atoms. The summed E-state index contributed by atoms with van der Waals surface area (Å²) in [5.41, 5.74) is 5.94. The van der Waals surface area contributed by atoms with Crippen LogP contribution in [0.15, 0.2) is 36.9 Å². The van der Waals surface area contributed by atoms with E-state index in [-0.39, 0.29) is 5.82 Å². The SMILES string of the molecule is Nc1cc(F)ccc1OCCCn1ccnc1. The van der Waals surface area contributed by atoms with Crippen LogP contribution in [0.2, 0.25) is 0 Å². The zero-order valence-electron chi connectivity index (χ0n) is 9.34. The molecule has 0 atom stereocenters. The fraction of sp³-hybridized carbons (Fsp3) is 0.250. The van der Waals surface area contributed by atoms with E-state index in [0.29, 0.717) is 18.0 Å². The summed E-state index contributed by atoms with van der Waals surface area (Å²) < 4.78 is 20.2. The van der Waals surface area contributed by atoms with Gasteiger partial charge in [-0.1, -0.05) is 0 Å². The zero-order chi connectivity index (χ0) is 12.1. The highest BCUT2D eigenvalue weighted by Gasteiger charge is 2.01. The number of halogens is 1. The molecule has 0 amide bonds. The van der Waals surface area contributed by atoms with Gasteiger partial charge in [-0.3, -0.25) is 0 Å². The average Bonchev–Trinajstić information content (AvgIpc) is 2.79. The van der Waals surface area contributed by atoms with Gasteiger partial charge in [0.1, 0.15) is 11.6 Å². The zero-order valence-corrected chi connectivity index (χ0v) is 9.34. The van der Waals surface area contributed by atoms with Crippen LogP contribution >= 0.6 is 0 Å². The fourth-order valence-corrected chi connectivity index (χ4v) is 1.50. The molecule has 1 aromatic heterocycles. The van der Waals surface area contributed by atoms with Crippen LogP contribution in [0.25, 0.3) is 0 Å². The first-order valence-electron chi connectivity index (χ1n) is 5.39. The normalized spacial score (nSPS) is 10.4. The number of nitrogens with two attached hydrogens (primary N) is 1. The van der Waals surface area contributed by atoms with E-state index < -0.39 is 0 Å². The third-order valence-corrected chi connectivity index (χ3v) is 2.35. The molecule has 5 heteroatoms. The molecule has 0 aliphatic rings. The van der Waals surface area contributed by atoms with E-state index in [0.717, 1.165) is 13.0 Å². The molecule has 2 rings (SSSR count). The number of rotatable bonds is 5. The van der Waals surface area contributed by atoms with Crippen LogP contribution in [0.3, 0.4) is 0 Å². The lowest BCUT2D eigenvalue weighted by Crippen LogP contribution is -2.04. The summed E-state index contributed by atoms with van der Waals surface area (Å²) >= 11 is 0. The Bertz CT molecular complexity index is 471. The Kier molecular flexibility index (Phi) is 3.59. The lowest BCUT2D eigenvalue weighted by molar-refractivity contribution is 0.303.